The van der Waals surface area contributed by atoms with Gasteiger partial charge in [0.25, 0.3) is 0 Å². The second kappa shape index (κ2) is 11.5. The summed E-state index contributed by atoms with van der Waals surface area (Å²) < 4.78 is 0. The molecule has 1 aromatic rings. The second-order valence-electron chi connectivity index (χ2n) is 7.81. The summed E-state index contributed by atoms with van der Waals surface area (Å²) in [6, 6.07) is 4.03. The van der Waals surface area contributed by atoms with E-state index in [0.29, 0.717) is 6.54 Å². The highest BCUT2D eigenvalue weighted by Crippen LogP contribution is 2.24. The minimum Gasteiger partial charge on any atom is -0.369 e. The van der Waals surface area contributed by atoms with Crippen LogP contribution in [-0.4, -0.2) is 43.0 Å². The maximum atomic E-state index is 11.4. The van der Waals surface area contributed by atoms with Gasteiger partial charge in [-0.1, -0.05) is 19.9 Å². The Morgan fingerprint density at radius 1 is 1.36 bits per heavy atom. The van der Waals surface area contributed by atoms with Gasteiger partial charge in [-0.05, 0) is 44.6 Å². The molecule has 0 aliphatic carbocycles. The number of aliphatic imine (C=N–C) groups is 1. The van der Waals surface area contributed by atoms with Crippen molar-refractivity contribution in [2.45, 2.75) is 53.0 Å². The average Bonchev–Trinajstić information content (AvgIpc) is 2.69. The zero-order chi connectivity index (χ0) is 20.4. The fraction of sp³-hybridized carbons (Fsp3) is 0.667. The van der Waals surface area contributed by atoms with Crippen molar-refractivity contribution in [1.29, 1.82) is 0 Å². The van der Waals surface area contributed by atoms with Crippen LogP contribution < -0.4 is 21.3 Å². The molecular formula is C21H36N6O. The van der Waals surface area contributed by atoms with E-state index in [9.17, 15) is 4.79 Å². The van der Waals surface area contributed by atoms with Crippen LogP contribution in [0.2, 0.25) is 0 Å². The Balaban J connectivity index is 1.98. The number of guanidine groups is 1. The van der Waals surface area contributed by atoms with E-state index >= 15 is 0 Å². The molecular weight excluding hydrogens is 352 g/mol. The number of amides is 1. The number of rotatable bonds is 9. The van der Waals surface area contributed by atoms with E-state index in [4.69, 9.17) is 10.7 Å². The molecule has 1 aliphatic heterocycles. The minimum absolute atomic E-state index is 0.0168. The Morgan fingerprint density at radius 3 is 2.75 bits per heavy atom. The summed E-state index contributed by atoms with van der Waals surface area (Å²) in [7, 11) is 0. The number of pyridine rings is 1. The lowest BCUT2D eigenvalue weighted by molar-refractivity contribution is -0.122. The van der Waals surface area contributed by atoms with E-state index in [1.165, 1.54) is 6.42 Å². The van der Waals surface area contributed by atoms with Crippen LogP contribution >= 0.6 is 0 Å². The summed E-state index contributed by atoms with van der Waals surface area (Å²) in [5, 5.41) is 6.73. The first kappa shape index (κ1) is 22.0. The van der Waals surface area contributed by atoms with Gasteiger partial charge in [-0.15, -0.1) is 0 Å². The number of piperidine rings is 1. The van der Waals surface area contributed by atoms with Crippen LogP contribution in [-0.2, 0) is 11.3 Å². The van der Waals surface area contributed by atoms with Crippen LogP contribution in [0.1, 0.15) is 52.0 Å². The SMILES string of the molecule is CCNC(=NCc1cccnc1N1CCC(C(N)=O)CC1)NCCCC(C)C. The molecule has 156 valence electrons. The monoisotopic (exact) mass is 388 g/mol. The highest BCUT2D eigenvalue weighted by atomic mass is 16.1. The summed E-state index contributed by atoms with van der Waals surface area (Å²) in [5.74, 6) is 2.32. The zero-order valence-electron chi connectivity index (χ0n) is 17.6. The van der Waals surface area contributed by atoms with Gasteiger partial charge in [-0.3, -0.25) is 4.79 Å². The van der Waals surface area contributed by atoms with Crippen molar-refractivity contribution in [3.8, 4) is 0 Å². The first-order chi connectivity index (χ1) is 13.5. The maximum Gasteiger partial charge on any atom is 0.220 e. The van der Waals surface area contributed by atoms with Crippen molar-refractivity contribution in [2.24, 2.45) is 22.6 Å². The molecule has 1 fully saturated rings. The number of hydrogen-bond acceptors (Lipinski definition) is 4. The lowest BCUT2D eigenvalue weighted by atomic mass is 9.96. The molecule has 0 atom stereocenters. The Kier molecular flexibility index (Phi) is 9.04. The number of primary amides is 1. The molecule has 0 aromatic carbocycles. The molecule has 2 heterocycles. The predicted octanol–water partition coefficient (Wildman–Crippen LogP) is 2.27. The van der Waals surface area contributed by atoms with E-state index < -0.39 is 0 Å². The van der Waals surface area contributed by atoms with Gasteiger partial charge in [-0.25, -0.2) is 9.98 Å². The van der Waals surface area contributed by atoms with Crippen LogP contribution in [0.25, 0.3) is 0 Å². The molecule has 0 bridgehead atoms. The number of carbonyl (C=O) groups excluding carboxylic acids is 1. The van der Waals surface area contributed by atoms with Crippen LogP contribution in [0.3, 0.4) is 0 Å². The number of nitrogens with zero attached hydrogens (tertiary/aromatic N) is 3. The molecule has 0 radical (unpaired) electrons. The van der Waals surface area contributed by atoms with Gasteiger partial charge in [0.05, 0.1) is 6.54 Å². The van der Waals surface area contributed by atoms with Gasteiger partial charge in [0.2, 0.25) is 5.91 Å². The molecule has 0 saturated carbocycles. The van der Waals surface area contributed by atoms with Crippen molar-refractivity contribution in [2.75, 3.05) is 31.1 Å². The van der Waals surface area contributed by atoms with Gasteiger partial charge in [0.15, 0.2) is 5.96 Å². The van der Waals surface area contributed by atoms with Crippen LogP contribution in [0.15, 0.2) is 23.3 Å². The van der Waals surface area contributed by atoms with E-state index in [1.54, 1.807) is 0 Å². The minimum atomic E-state index is -0.190. The first-order valence-corrected chi connectivity index (χ1v) is 10.5. The number of anilines is 1. The summed E-state index contributed by atoms with van der Waals surface area (Å²) in [5.41, 5.74) is 6.55. The summed E-state index contributed by atoms with van der Waals surface area (Å²) >= 11 is 0. The van der Waals surface area contributed by atoms with E-state index in [1.807, 2.05) is 12.3 Å². The van der Waals surface area contributed by atoms with Crippen LogP contribution in [0.4, 0.5) is 5.82 Å². The largest absolute Gasteiger partial charge is 0.369 e. The van der Waals surface area contributed by atoms with E-state index in [0.717, 1.165) is 68.7 Å². The topological polar surface area (TPSA) is 95.6 Å². The lowest BCUT2D eigenvalue weighted by Crippen LogP contribution is -2.39. The average molecular weight is 389 g/mol. The summed E-state index contributed by atoms with van der Waals surface area (Å²) in [6.07, 6.45) is 5.73. The van der Waals surface area contributed by atoms with Crippen molar-refractivity contribution in [1.82, 2.24) is 15.6 Å². The van der Waals surface area contributed by atoms with Gasteiger partial charge in [0.1, 0.15) is 5.82 Å². The molecule has 1 saturated heterocycles. The molecule has 7 nitrogen and oxygen atoms in total. The number of hydrogen-bond donors (Lipinski definition) is 3. The van der Waals surface area contributed by atoms with Gasteiger partial charge < -0.3 is 21.3 Å². The smallest absolute Gasteiger partial charge is 0.220 e. The van der Waals surface area contributed by atoms with Crippen LogP contribution in [0, 0.1) is 11.8 Å². The summed E-state index contributed by atoms with van der Waals surface area (Å²) in [4.78, 5) is 23.0. The predicted molar refractivity (Wildman–Crippen MR) is 115 cm³/mol. The van der Waals surface area contributed by atoms with Crippen molar-refractivity contribution in [3.05, 3.63) is 23.9 Å². The third kappa shape index (κ3) is 7.02. The van der Waals surface area contributed by atoms with Crippen molar-refractivity contribution < 1.29 is 4.79 Å². The Labute approximate surface area is 169 Å². The summed E-state index contributed by atoms with van der Waals surface area (Å²) in [6.45, 7) is 10.5. The molecule has 1 aromatic heterocycles. The fourth-order valence-electron chi connectivity index (χ4n) is 3.44. The molecule has 28 heavy (non-hydrogen) atoms. The number of aromatic nitrogens is 1. The normalized spacial score (nSPS) is 15.7. The Bertz CT molecular complexity index is 638. The van der Waals surface area contributed by atoms with E-state index in [2.05, 4.69) is 47.4 Å². The molecule has 0 unspecified atom stereocenters. The number of carbonyl (C=O) groups is 1. The fourth-order valence-corrected chi connectivity index (χ4v) is 3.44. The third-order valence-electron chi connectivity index (χ3n) is 5.07. The lowest BCUT2D eigenvalue weighted by Gasteiger charge is -2.32. The molecule has 1 aliphatic rings. The van der Waals surface area contributed by atoms with Crippen molar-refractivity contribution in [3.63, 3.8) is 0 Å². The Morgan fingerprint density at radius 2 is 2.11 bits per heavy atom. The standard InChI is InChI=1S/C21H36N6O/c1-4-23-21(25-12-5-7-16(2)3)26-15-18-8-6-11-24-20(18)27-13-9-17(10-14-27)19(22)28/h6,8,11,16-17H,4-5,7,9-10,12-15H2,1-3H3,(H2,22,28)(H2,23,25,26). The van der Waals surface area contributed by atoms with Crippen molar-refractivity contribution >= 4 is 17.7 Å². The van der Waals surface area contributed by atoms with E-state index in [-0.39, 0.29) is 11.8 Å². The number of nitrogens with one attached hydrogen (secondary N) is 2. The molecule has 0 spiro atoms. The van der Waals surface area contributed by atoms with Crippen LogP contribution in [0.5, 0.6) is 0 Å². The molecule has 1 amide bonds. The zero-order valence-corrected chi connectivity index (χ0v) is 17.6. The van der Waals surface area contributed by atoms with Gasteiger partial charge in [-0.2, -0.15) is 0 Å². The quantitative estimate of drug-likeness (QED) is 0.343. The maximum absolute atomic E-state index is 11.4. The van der Waals surface area contributed by atoms with Gasteiger partial charge >= 0.3 is 0 Å². The molecule has 4 N–H and O–H groups in total. The van der Waals surface area contributed by atoms with Gasteiger partial charge in [0, 0.05) is 43.9 Å². The number of nitrogens with two attached hydrogens (primary N) is 1. The third-order valence-corrected chi connectivity index (χ3v) is 5.07. The first-order valence-electron chi connectivity index (χ1n) is 10.5. The highest BCUT2D eigenvalue weighted by molar-refractivity contribution is 5.79. The molecule has 7 heteroatoms. The Hall–Kier alpha value is -2.31. The highest BCUT2D eigenvalue weighted by Gasteiger charge is 2.24. The molecule has 2 rings (SSSR count). The second-order valence-corrected chi connectivity index (χ2v) is 7.81.